The fraction of sp³-hybridized carbons (Fsp3) is 0.364. The van der Waals surface area contributed by atoms with Gasteiger partial charge in [-0.25, -0.2) is 4.39 Å². The van der Waals surface area contributed by atoms with E-state index in [2.05, 4.69) is 5.32 Å². The van der Waals surface area contributed by atoms with Gasteiger partial charge in [-0.05, 0) is 55.2 Å². The molecule has 2 aromatic carbocycles. The molecule has 2 aromatic rings. The number of aryl methyl sites for hydroxylation is 1. The third-order valence-electron chi connectivity index (χ3n) is 5.25. The zero-order valence-corrected chi connectivity index (χ0v) is 20.2. The van der Waals surface area contributed by atoms with Crippen LogP contribution in [0.4, 0.5) is 10.1 Å². The number of unbranched alkanes of at least 4 members (excludes halogenated alkanes) is 1. The molecule has 0 aliphatic heterocycles. The zero-order chi connectivity index (χ0) is 22.9. The van der Waals surface area contributed by atoms with Crippen molar-refractivity contribution < 1.29 is 14.0 Å². The van der Waals surface area contributed by atoms with Crippen molar-refractivity contribution in [2.45, 2.75) is 36.4 Å². The first-order valence-electron chi connectivity index (χ1n) is 9.60. The molecule has 9 heteroatoms. The Hall–Kier alpha value is -1.04. The highest BCUT2D eigenvalue weighted by Crippen LogP contribution is 2.65. The van der Waals surface area contributed by atoms with E-state index >= 15 is 0 Å². The van der Waals surface area contributed by atoms with Crippen LogP contribution in [0.1, 0.15) is 46.7 Å². The molecular formula is C22H19Cl5FNO2. The lowest BCUT2D eigenvalue weighted by Crippen LogP contribution is -2.17. The van der Waals surface area contributed by atoms with Crippen LogP contribution in [0.15, 0.2) is 30.3 Å². The van der Waals surface area contributed by atoms with Gasteiger partial charge in [-0.2, -0.15) is 0 Å². The van der Waals surface area contributed by atoms with Gasteiger partial charge in [-0.1, -0.05) is 29.3 Å². The van der Waals surface area contributed by atoms with Gasteiger partial charge in [-0.15, -0.1) is 34.8 Å². The van der Waals surface area contributed by atoms with E-state index in [-0.39, 0.29) is 10.8 Å². The number of rotatable bonds is 8. The first kappa shape index (κ1) is 24.6. The predicted molar refractivity (Wildman–Crippen MR) is 126 cm³/mol. The number of halogens is 6. The quantitative estimate of drug-likeness (QED) is 0.220. The summed E-state index contributed by atoms with van der Waals surface area (Å²) in [5.74, 6) is -1.94. The van der Waals surface area contributed by atoms with Crippen LogP contribution < -0.4 is 5.32 Å². The van der Waals surface area contributed by atoms with E-state index < -0.39 is 27.9 Å². The standard InChI is InChI=1S/C22H19Cl5FNO2/c1-11-8-13(10-14(20(11)25)17(30)4-2-3-7-23)29-21(31)19-18(22(19,26)27)12-5-6-16(28)15(24)9-12/h5-6,8-10,18-19H,2-4,7H2,1H3,(H,29,31). The molecule has 1 saturated carbocycles. The number of anilines is 1. The molecule has 31 heavy (non-hydrogen) atoms. The highest BCUT2D eigenvalue weighted by Gasteiger charge is 2.67. The Morgan fingerprint density at radius 2 is 1.84 bits per heavy atom. The van der Waals surface area contributed by atoms with Crippen LogP contribution in [0, 0.1) is 18.7 Å². The third kappa shape index (κ3) is 5.31. The summed E-state index contributed by atoms with van der Waals surface area (Å²) < 4.78 is 12.1. The van der Waals surface area contributed by atoms with Crippen LogP contribution in [0.5, 0.6) is 0 Å². The number of Topliss-reactive ketones (excluding diaryl/α,β-unsaturated/α-hetero) is 1. The van der Waals surface area contributed by atoms with Gasteiger partial charge in [0.1, 0.15) is 10.2 Å². The Balaban J connectivity index is 1.78. The fourth-order valence-corrected chi connectivity index (χ4v) is 4.97. The lowest BCUT2D eigenvalue weighted by Gasteiger charge is -2.12. The summed E-state index contributed by atoms with van der Waals surface area (Å²) in [4.78, 5) is 25.4. The first-order valence-corrected chi connectivity index (χ1v) is 11.7. The number of hydrogen-bond donors (Lipinski definition) is 1. The second-order valence-electron chi connectivity index (χ2n) is 7.52. The second-order valence-corrected chi connectivity index (χ2v) is 10.1. The first-order chi connectivity index (χ1) is 14.6. The maximum Gasteiger partial charge on any atom is 0.231 e. The number of hydrogen-bond acceptors (Lipinski definition) is 2. The molecule has 2 atom stereocenters. The molecule has 166 valence electrons. The lowest BCUT2D eigenvalue weighted by molar-refractivity contribution is -0.117. The molecule has 3 nitrogen and oxygen atoms in total. The van der Waals surface area contributed by atoms with E-state index in [9.17, 15) is 14.0 Å². The van der Waals surface area contributed by atoms with E-state index in [0.29, 0.717) is 46.1 Å². The van der Waals surface area contributed by atoms with Crippen molar-refractivity contribution in [1.82, 2.24) is 0 Å². The average Bonchev–Trinajstić information content (AvgIpc) is 3.28. The molecule has 0 radical (unpaired) electrons. The smallest absolute Gasteiger partial charge is 0.231 e. The largest absolute Gasteiger partial charge is 0.326 e. The number of carbonyl (C=O) groups is 2. The topological polar surface area (TPSA) is 46.2 Å². The monoisotopic (exact) mass is 523 g/mol. The minimum absolute atomic E-state index is 0.0710. The average molecular weight is 526 g/mol. The van der Waals surface area contributed by atoms with Gasteiger partial charge in [0.15, 0.2) is 5.78 Å². The predicted octanol–water partition coefficient (Wildman–Crippen LogP) is 7.56. The van der Waals surface area contributed by atoms with Gasteiger partial charge < -0.3 is 5.32 Å². The van der Waals surface area contributed by atoms with Crippen molar-refractivity contribution in [3.05, 3.63) is 62.9 Å². The minimum Gasteiger partial charge on any atom is -0.326 e. The molecule has 1 N–H and O–H groups in total. The summed E-state index contributed by atoms with van der Waals surface area (Å²) >= 11 is 30.5. The Morgan fingerprint density at radius 1 is 1.13 bits per heavy atom. The van der Waals surface area contributed by atoms with Crippen LogP contribution in [-0.4, -0.2) is 21.9 Å². The minimum atomic E-state index is -1.35. The van der Waals surface area contributed by atoms with Gasteiger partial charge in [0.25, 0.3) is 0 Å². The summed E-state index contributed by atoms with van der Waals surface area (Å²) in [6.07, 6.45) is 1.69. The van der Waals surface area contributed by atoms with Crippen LogP contribution >= 0.6 is 58.0 Å². The van der Waals surface area contributed by atoms with Gasteiger partial charge in [0.2, 0.25) is 5.91 Å². The molecular weight excluding hydrogens is 507 g/mol. The fourth-order valence-electron chi connectivity index (χ4n) is 3.55. The van der Waals surface area contributed by atoms with Gasteiger partial charge in [0, 0.05) is 29.5 Å². The molecule has 0 bridgehead atoms. The molecule has 0 heterocycles. The Kier molecular flexibility index (Phi) is 7.81. The molecule has 0 saturated heterocycles. The van der Waals surface area contributed by atoms with Gasteiger partial charge in [0.05, 0.1) is 16.0 Å². The number of amides is 1. The van der Waals surface area contributed by atoms with Crippen molar-refractivity contribution >= 4 is 75.4 Å². The molecule has 1 aliphatic carbocycles. The number of nitrogens with one attached hydrogen (secondary N) is 1. The zero-order valence-electron chi connectivity index (χ0n) is 16.5. The maximum absolute atomic E-state index is 13.5. The van der Waals surface area contributed by atoms with Gasteiger partial charge >= 0.3 is 0 Å². The summed E-state index contributed by atoms with van der Waals surface area (Å²) in [6, 6.07) is 7.35. The van der Waals surface area contributed by atoms with E-state index in [1.165, 1.54) is 18.2 Å². The molecule has 1 amide bonds. The van der Waals surface area contributed by atoms with Crippen molar-refractivity contribution in [1.29, 1.82) is 0 Å². The van der Waals surface area contributed by atoms with E-state index in [1.54, 1.807) is 19.1 Å². The van der Waals surface area contributed by atoms with E-state index in [4.69, 9.17) is 58.0 Å². The van der Waals surface area contributed by atoms with E-state index in [1.807, 2.05) is 0 Å². The Bertz CT molecular complexity index is 1030. The molecule has 0 spiro atoms. The molecule has 0 aromatic heterocycles. The summed E-state index contributed by atoms with van der Waals surface area (Å²) in [5.41, 5.74) is 1.98. The number of ketones is 1. The highest BCUT2D eigenvalue weighted by atomic mass is 35.5. The SMILES string of the molecule is Cc1cc(NC(=O)C2C(c3ccc(F)c(Cl)c3)C2(Cl)Cl)cc(C(=O)CCCCCl)c1Cl. The lowest BCUT2D eigenvalue weighted by atomic mass is 10.0. The molecule has 3 rings (SSSR count). The van der Waals surface area contributed by atoms with Crippen molar-refractivity contribution in [2.24, 2.45) is 5.92 Å². The Labute approximate surface area is 205 Å². The molecule has 1 aliphatic rings. The van der Waals surface area contributed by atoms with Crippen LogP contribution in [0.2, 0.25) is 10.0 Å². The third-order valence-corrected chi connectivity index (χ3v) is 7.25. The second kappa shape index (κ2) is 9.84. The van der Waals surface area contributed by atoms with Crippen LogP contribution in [-0.2, 0) is 4.79 Å². The highest BCUT2D eigenvalue weighted by molar-refractivity contribution is 6.53. The maximum atomic E-state index is 13.5. The number of carbonyl (C=O) groups excluding carboxylic acids is 2. The number of alkyl halides is 3. The van der Waals surface area contributed by atoms with Crippen molar-refractivity contribution in [3.8, 4) is 0 Å². The summed E-state index contributed by atoms with van der Waals surface area (Å²) in [5, 5.41) is 3.05. The van der Waals surface area contributed by atoms with Crippen LogP contribution in [0.25, 0.3) is 0 Å². The van der Waals surface area contributed by atoms with Gasteiger partial charge in [-0.3, -0.25) is 9.59 Å². The molecule has 1 fully saturated rings. The molecule has 2 unspecified atom stereocenters. The Morgan fingerprint density at radius 3 is 2.48 bits per heavy atom. The van der Waals surface area contributed by atoms with Crippen molar-refractivity contribution in [3.63, 3.8) is 0 Å². The summed E-state index contributed by atoms with van der Waals surface area (Å²) in [6.45, 7) is 1.75. The normalized spacial score (nSPS) is 19.2. The number of benzene rings is 2. The van der Waals surface area contributed by atoms with Crippen LogP contribution in [0.3, 0.4) is 0 Å². The van der Waals surface area contributed by atoms with E-state index in [0.717, 1.165) is 6.42 Å². The van der Waals surface area contributed by atoms with Crippen molar-refractivity contribution in [2.75, 3.05) is 11.2 Å². The summed E-state index contributed by atoms with van der Waals surface area (Å²) in [7, 11) is 0.